The first-order chi connectivity index (χ1) is 20.0. The molecule has 2 heterocycles. The molecule has 2 aromatic heterocycles. The average molecular weight is 569 g/mol. The minimum Gasteiger partial charge on any atom is -0.480 e. The van der Waals surface area contributed by atoms with Crippen LogP contribution in [-0.2, 0) is 17.8 Å². The van der Waals surface area contributed by atoms with Gasteiger partial charge in [-0.15, -0.1) is 20.4 Å². The molecule has 1 unspecified atom stereocenters. The van der Waals surface area contributed by atoms with E-state index < -0.39 is 11.2 Å². The molecule has 0 radical (unpaired) electrons. The summed E-state index contributed by atoms with van der Waals surface area (Å²) in [6.45, 7) is 2.57. The Bertz CT molecular complexity index is 1610. The molecule has 0 aliphatic carbocycles. The van der Waals surface area contributed by atoms with Crippen LogP contribution in [0.5, 0.6) is 0 Å². The van der Waals surface area contributed by atoms with Crippen LogP contribution in [0.25, 0.3) is 11.4 Å². The van der Waals surface area contributed by atoms with Crippen molar-refractivity contribution in [2.75, 3.05) is 5.32 Å². The van der Waals surface area contributed by atoms with E-state index >= 15 is 0 Å². The molecule has 0 bridgehead atoms. The Kier molecular flexibility index (Phi) is 8.79. The lowest BCUT2D eigenvalue weighted by molar-refractivity contribution is -0.136. The molecule has 0 aliphatic rings. The topological polar surface area (TPSA) is 152 Å². The monoisotopic (exact) mass is 568 g/mol. The number of nitrogens with one attached hydrogen (secondary N) is 2. The zero-order chi connectivity index (χ0) is 28.6. The van der Waals surface area contributed by atoms with E-state index in [0.29, 0.717) is 39.9 Å². The van der Waals surface area contributed by atoms with Crippen molar-refractivity contribution in [2.24, 2.45) is 0 Å². The third kappa shape index (κ3) is 6.67. The summed E-state index contributed by atoms with van der Waals surface area (Å²) in [7, 11) is 0. The van der Waals surface area contributed by atoms with Crippen LogP contribution >= 0.6 is 11.8 Å². The number of aromatic nitrogens is 7. The molecule has 208 valence electrons. The maximum atomic E-state index is 13.1. The highest BCUT2D eigenvalue weighted by atomic mass is 32.2. The van der Waals surface area contributed by atoms with Crippen molar-refractivity contribution in [3.63, 3.8) is 0 Å². The van der Waals surface area contributed by atoms with Gasteiger partial charge in [-0.2, -0.15) is 5.21 Å². The van der Waals surface area contributed by atoms with Crippen LogP contribution in [0.3, 0.4) is 0 Å². The van der Waals surface area contributed by atoms with Gasteiger partial charge in [-0.05, 0) is 41.0 Å². The molecule has 41 heavy (non-hydrogen) atoms. The fraction of sp³-hybridized carbons (Fsp3) is 0.207. The van der Waals surface area contributed by atoms with Gasteiger partial charge in [0, 0.05) is 17.7 Å². The fourth-order valence-electron chi connectivity index (χ4n) is 4.31. The summed E-state index contributed by atoms with van der Waals surface area (Å²) in [6, 6.07) is 23.7. The number of hydrogen-bond acceptors (Lipinski definition) is 8. The number of carbonyl (C=O) groups is 2. The number of thioether (sulfide) groups is 1. The number of rotatable bonds is 12. The quantitative estimate of drug-likeness (QED) is 0.176. The molecular weight excluding hydrogens is 540 g/mol. The van der Waals surface area contributed by atoms with Crippen LogP contribution in [0.1, 0.15) is 52.3 Å². The molecule has 3 aromatic carbocycles. The lowest BCUT2D eigenvalue weighted by atomic mass is 10.1. The minimum absolute atomic E-state index is 0.293. The van der Waals surface area contributed by atoms with E-state index in [1.165, 1.54) is 11.8 Å². The van der Waals surface area contributed by atoms with Gasteiger partial charge < -0.3 is 15.0 Å². The minimum atomic E-state index is -0.938. The van der Waals surface area contributed by atoms with Crippen molar-refractivity contribution in [3.8, 4) is 11.4 Å². The largest absolute Gasteiger partial charge is 0.480 e. The predicted molar refractivity (Wildman–Crippen MR) is 154 cm³/mol. The molecular formula is C29H28N8O3S. The van der Waals surface area contributed by atoms with Crippen LogP contribution in [0.2, 0.25) is 0 Å². The number of carboxylic acid groups (broad SMARTS) is 1. The van der Waals surface area contributed by atoms with Gasteiger partial charge in [-0.1, -0.05) is 85.8 Å². The lowest BCUT2D eigenvalue weighted by Gasteiger charge is -2.15. The highest BCUT2D eigenvalue weighted by molar-refractivity contribution is 8.00. The highest BCUT2D eigenvalue weighted by Gasteiger charge is 2.25. The normalized spacial score (nSPS) is 11.7. The van der Waals surface area contributed by atoms with Gasteiger partial charge in [0.2, 0.25) is 5.82 Å². The zero-order valence-electron chi connectivity index (χ0n) is 22.3. The van der Waals surface area contributed by atoms with Crippen molar-refractivity contribution in [1.29, 1.82) is 0 Å². The van der Waals surface area contributed by atoms with E-state index in [9.17, 15) is 14.7 Å². The van der Waals surface area contributed by atoms with Crippen LogP contribution in [0, 0.1) is 0 Å². The number of H-pyrrole nitrogens is 1. The number of benzene rings is 3. The summed E-state index contributed by atoms with van der Waals surface area (Å²) in [5, 5.41) is 35.3. The van der Waals surface area contributed by atoms with Gasteiger partial charge in [-0.25, -0.2) is 0 Å². The Hall–Kier alpha value is -4.84. The molecule has 3 N–H and O–H groups in total. The molecule has 11 nitrogen and oxygen atoms in total. The number of amides is 1. The van der Waals surface area contributed by atoms with E-state index in [4.69, 9.17) is 0 Å². The van der Waals surface area contributed by atoms with Crippen molar-refractivity contribution >= 4 is 29.3 Å². The molecule has 12 heteroatoms. The molecule has 1 atom stereocenters. The van der Waals surface area contributed by atoms with E-state index in [0.717, 1.165) is 30.7 Å². The number of anilines is 1. The summed E-state index contributed by atoms with van der Waals surface area (Å²) in [5.41, 5.74) is 3.27. The fourth-order valence-corrected chi connectivity index (χ4v) is 5.30. The first-order valence-corrected chi connectivity index (χ1v) is 14.0. The number of tetrazole rings is 1. The second-order valence-corrected chi connectivity index (χ2v) is 10.3. The van der Waals surface area contributed by atoms with Crippen molar-refractivity contribution < 1.29 is 14.7 Å². The summed E-state index contributed by atoms with van der Waals surface area (Å²) in [4.78, 5) is 25.2. The maximum Gasteiger partial charge on any atom is 0.321 e. The van der Waals surface area contributed by atoms with Crippen LogP contribution < -0.4 is 5.32 Å². The van der Waals surface area contributed by atoms with E-state index in [-0.39, 0.29) is 5.91 Å². The first kappa shape index (κ1) is 27.7. The number of unbranched alkanes of at least 4 members (excludes halogenated alkanes) is 1. The molecule has 5 aromatic rings. The van der Waals surface area contributed by atoms with Crippen LogP contribution in [0.15, 0.2) is 84.0 Å². The van der Waals surface area contributed by atoms with E-state index in [1.807, 2.05) is 53.1 Å². The van der Waals surface area contributed by atoms with Crippen LogP contribution in [0.4, 0.5) is 5.69 Å². The Balaban J connectivity index is 1.34. The highest BCUT2D eigenvalue weighted by Crippen LogP contribution is 2.35. The summed E-state index contributed by atoms with van der Waals surface area (Å²) in [6.07, 6.45) is 2.68. The Morgan fingerprint density at radius 2 is 1.73 bits per heavy atom. The standard InChI is InChI=1S/C29H28N8O3S/c1-2-3-13-24-31-34-29(41-25(28(39)40)20-9-5-4-6-10-20)37(24)18-19-14-16-21(17-15-19)30-27(38)23-12-8-7-11-22(23)26-32-35-36-33-26/h4-12,14-17,25H,2-3,13,18H2,1H3,(H,30,38)(H,39,40)(H,32,33,35,36). The SMILES string of the molecule is CCCCc1nnc(SC(C(=O)O)c2ccccc2)n1Cc1ccc(NC(=O)c2ccccc2-c2nn[nH]n2)cc1. The Labute approximate surface area is 240 Å². The number of carbonyl (C=O) groups excluding carboxylic acids is 1. The molecule has 0 spiro atoms. The molecule has 0 saturated carbocycles. The summed E-state index contributed by atoms with van der Waals surface area (Å²) >= 11 is 1.18. The number of hydrogen-bond donors (Lipinski definition) is 3. The van der Waals surface area contributed by atoms with Gasteiger partial charge in [0.1, 0.15) is 11.1 Å². The second-order valence-electron chi connectivity index (χ2n) is 9.27. The third-order valence-corrected chi connectivity index (χ3v) is 7.63. The Morgan fingerprint density at radius 3 is 2.44 bits per heavy atom. The molecule has 0 fully saturated rings. The molecule has 0 saturated heterocycles. The third-order valence-electron chi connectivity index (χ3n) is 6.41. The van der Waals surface area contributed by atoms with E-state index in [1.54, 1.807) is 30.3 Å². The zero-order valence-corrected chi connectivity index (χ0v) is 23.1. The van der Waals surface area contributed by atoms with Crippen molar-refractivity contribution in [2.45, 2.75) is 43.1 Å². The maximum absolute atomic E-state index is 13.1. The Morgan fingerprint density at radius 1 is 0.976 bits per heavy atom. The van der Waals surface area contributed by atoms with Crippen LogP contribution in [-0.4, -0.2) is 52.4 Å². The number of aliphatic carboxylic acids is 1. The number of carboxylic acids is 1. The van der Waals surface area contributed by atoms with Crippen molar-refractivity contribution in [3.05, 3.63) is 101 Å². The summed E-state index contributed by atoms with van der Waals surface area (Å²) < 4.78 is 1.98. The number of nitrogens with zero attached hydrogens (tertiary/aromatic N) is 6. The molecule has 5 rings (SSSR count). The van der Waals surface area contributed by atoms with Gasteiger partial charge >= 0.3 is 5.97 Å². The van der Waals surface area contributed by atoms with Gasteiger partial charge in [-0.3, -0.25) is 9.59 Å². The van der Waals surface area contributed by atoms with Gasteiger partial charge in [0.25, 0.3) is 5.91 Å². The van der Waals surface area contributed by atoms with E-state index in [2.05, 4.69) is 43.1 Å². The lowest BCUT2D eigenvalue weighted by Crippen LogP contribution is -2.14. The van der Waals surface area contributed by atoms with Gasteiger partial charge in [0.15, 0.2) is 5.16 Å². The van der Waals surface area contributed by atoms with Gasteiger partial charge in [0.05, 0.1) is 12.1 Å². The molecule has 1 amide bonds. The predicted octanol–water partition coefficient (Wildman–Crippen LogP) is 5.02. The molecule has 0 aliphatic heterocycles. The first-order valence-electron chi connectivity index (χ1n) is 13.1. The van der Waals surface area contributed by atoms with Crippen molar-refractivity contribution in [1.82, 2.24) is 35.4 Å². The second kappa shape index (κ2) is 13.0. The average Bonchev–Trinajstić information content (AvgIpc) is 3.67. The number of aromatic amines is 1. The summed E-state index contributed by atoms with van der Waals surface area (Å²) in [5.74, 6) is -0.0861. The smallest absolute Gasteiger partial charge is 0.321 e. The number of aryl methyl sites for hydroxylation is 1.